The second-order valence-electron chi connectivity index (χ2n) is 4.46. The molecule has 0 radical (unpaired) electrons. The maximum Gasteiger partial charge on any atom is 0.0295 e. The second kappa shape index (κ2) is 7.42. The summed E-state index contributed by atoms with van der Waals surface area (Å²) in [6.45, 7) is 4.54. The van der Waals surface area contributed by atoms with E-state index in [0.717, 1.165) is 13.0 Å². The Hall–Kier alpha value is -0.860. The molecule has 0 spiro atoms. The van der Waals surface area contributed by atoms with Gasteiger partial charge in [0.25, 0.3) is 0 Å². The Morgan fingerprint density at radius 2 is 1.88 bits per heavy atom. The van der Waals surface area contributed by atoms with Crippen LogP contribution < -0.4 is 5.73 Å². The lowest BCUT2D eigenvalue weighted by Crippen LogP contribution is -2.21. The van der Waals surface area contributed by atoms with Crippen LogP contribution in [-0.4, -0.2) is 25.0 Å². The van der Waals surface area contributed by atoms with Crippen molar-refractivity contribution in [1.29, 1.82) is 0 Å². The van der Waals surface area contributed by atoms with Gasteiger partial charge in [-0.1, -0.05) is 37.3 Å². The monoisotopic (exact) mass is 220 g/mol. The molecule has 0 heterocycles. The van der Waals surface area contributed by atoms with E-state index in [2.05, 4.69) is 43.1 Å². The lowest BCUT2D eigenvalue weighted by atomic mass is 10.0. The van der Waals surface area contributed by atoms with Gasteiger partial charge in [0.2, 0.25) is 0 Å². The molecule has 0 bridgehead atoms. The molecule has 90 valence electrons. The maximum atomic E-state index is 6.14. The van der Waals surface area contributed by atoms with Crippen molar-refractivity contribution >= 4 is 0 Å². The smallest absolute Gasteiger partial charge is 0.0295 e. The molecule has 1 rings (SSSR count). The Morgan fingerprint density at radius 1 is 1.19 bits per heavy atom. The number of hydrogen-bond acceptors (Lipinski definition) is 2. The molecule has 1 atom stereocenters. The molecule has 0 saturated heterocycles. The van der Waals surface area contributed by atoms with E-state index in [1.54, 1.807) is 0 Å². The molecule has 1 aromatic rings. The number of benzene rings is 1. The molecule has 2 nitrogen and oxygen atoms in total. The van der Waals surface area contributed by atoms with E-state index >= 15 is 0 Å². The first-order valence-electron chi connectivity index (χ1n) is 6.23. The topological polar surface area (TPSA) is 29.3 Å². The summed E-state index contributed by atoms with van der Waals surface area (Å²) < 4.78 is 0. The van der Waals surface area contributed by atoms with Crippen LogP contribution in [0.5, 0.6) is 0 Å². The Bertz CT molecular complexity index is 271. The van der Waals surface area contributed by atoms with E-state index in [0.29, 0.717) is 0 Å². The van der Waals surface area contributed by atoms with Crippen LogP contribution in [0.2, 0.25) is 0 Å². The zero-order valence-electron chi connectivity index (χ0n) is 10.5. The molecule has 0 aliphatic carbocycles. The molecule has 1 unspecified atom stereocenters. The van der Waals surface area contributed by atoms with E-state index in [1.807, 2.05) is 6.07 Å². The highest BCUT2D eigenvalue weighted by molar-refractivity contribution is 5.18. The van der Waals surface area contributed by atoms with Gasteiger partial charge in [0.15, 0.2) is 0 Å². The number of rotatable bonds is 7. The van der Waals surface area contributed by atoms with Gasteiger partial charge in [-0.25, -0.2) is 0 Å². The molecule has 0 aliphatic rings. The van der Waals surface area contributed by atoms with Crippen molar-refractivity contribution in [3.05, 3.63) is 35.9 Å². The summed E-state index contributed by atoms with van der Waals surface area (Å²) in [6, 6.07) is 10.6. The Balaban J connectivity index is 2.23. The van der Waals surface area contributed by atoms with E-state index in [9.17, 15) is 0 Å². The average Bonchev–Trinajstić information content (AvgIpc) is 2.30. The summed E-state index contributed by atoms with van der Waals surface area (Å²) in [5.41, 5.74) is 7.39. The van der Waals surface area contributed by atoms with Crippen LogP contribution in [0.1, 0.15) is 37.8 Å². The van der Waals surface area contributed by atoms with Gasteiger partial charge in [-0.05, 0) is 45.0 Å². The van der Waals surface area contributed by atoms with Crippen LogP contribution in [0.25, 0.3) is 0 Å². The SMILES string of the molecule is CCCN(C)CCCC(N)c1ccccc1. The van der Waals surface area contributed by atoms with Crippen molar-refractivity contribution in [2.75, 3.05) is 20.1 Å². The summed E-state index contributed by atoms with van der Waals surface area (Å²) in [5.74, 6) is 0. The second-order valence-corrected chi connectivity index (χ2v) is 4.46. The van der Waals surface area contributed by atoms with Crippen molar-refractivity contribution < 1.29 is 0 Å². The highest BCUT2D eigenvalue weighted by atomic mass is 15.1. The molecule has 0 aliphatic heterocycles. The van der Waals surface area contributed by atoms with Crippen LogP contribution >= 0.6 is 0 Å². The summed E-state index contributed by atoms with van der Waals surface area (Å²) in [5, 5.41) is 0. The minimum atomic E-state index is 0.191. The molecule has 2 heteroatoms. The first kappa shape index (κ1) is 13.2. The van der Waals surface area contributed by atoms with Crippen molar-refractivity contribution in [2.24, 2.45) is 5.73 Å². The number of hydrogen-bond donors (Lipinski definition) is 1. The molecule has 1 aromatic carbocycles. The third-order valence-electron chi connectivity index (χ3n) is 2.89. The van der Waals surface area contributed by atoms with Gasteiger partial charge in [0.1, 0.15) is 0 Å². The van der Waals surface area contributed by atoms with Crippen LogP contribution in [0.3, 0.4) is 0 Å². The Labute approximate surface area is 99.5 Å². The van der Waals surface area contributed by atoms with Gasteiger partial charge in [-0.3, -0.25) is 0 Å². The van der Waals surface area contributed by atoms with Gasteiger partial charge in [-0.2, -0.15) is 0 Å². The van der Waals surface area contributed by atoms with Gasteiger partial charge in [0.05, 0.1) is 0 Å². The highest BCUT2D eigenvalue weighted by Crippen LogP contribution is 2.15. The molecule has 0 amide bonds. The van der Waals surface area contributed by atoms with Crippen molar-refractivity contribution in [3.8, 4) is 0 Å². The lowest BCUT2D eigenvalue weighted by molar-refractivity contribution is 0.322. The van der Waals surface area contributed by atoms with Crippen molar-refractivity contribution in [1.82, 2.24) is 4.90 Å². The summed E-state index contributed by atoms with van der Waals surface area (Å²) >= 11 is 0. The lowest BCUT2D eigenvalue weighted by Gasteiger charge is -2.17. The van der Waals surface area contributed by atoms with Gasteiger partial charge in [-0.15, -0.1) is 0 Å². The molecule has 16 heavy (non-hydrogen) atoms. The summed E-state index contributed by atoms with van der Waals surface area (Å²) in [4.78, 5) is 2.37. The van der Waals surface area contributed by atoms with Gasteiger partial charge >= 0.3 is 0 Å². The predicted octanol–water partition coefficient (Wildman–Crippen LogP) is 2.81. The fourth-order valence-electron chi connectivity index (χ4n) is 1.94. The quantitative estimate of drug-likeness (QED) is 0.765. The van der Waals surface area contributed by atoms with Crippen LogP contribution in [0.15, 0.2) is 30.3 Å². The molecular formula is C14H24N2. The minimum Gasteiger partial charge on any atom is -0.324 e. The van der Waals surface area contributed by atoms with Crippen LogP contribution in [0, 0.1) is 0 Å². The minimum absolute atomic E-state index is 0.191. The molecular weight excluding hydrogens is 196 g/mol. The Morgan fingerprint density at radius 3 is 2.50 bits per heavy atom. The maximum absolute atomic E-state index is 6.14. The zero-order valence-corrected chi connectivity index (χ0v) is 10.5. The normalized spacial score (nSPS) is 13.0. The van der Waals surface area contributed by atoms with Crippen LogP contribution in [-0.2, 0) is 0 Å². The summed E-state index contributed by atoms with van der Waals surface area (Å²) in [6.07, 6.45) is 3.46. The van der Waals surface area contributed by atoms with E-state index in [4.69, 9.17) is 5.73 Å². The highest BCUT2D eigenvalue weighted by Gasteiger charge is 2.05. The number of nitrogens with zero attached hydrogens (tertiary/aromatic N) is 1. The predicted molar refractivity (Wildman–Crippen MR) is 70.4 cm³/mol. The first-order chi connectivity index (χ1) is 7.74. The third-order valence-corrected chi connectivity index (χ3v) is 2.89. The molecule has 0 saturated carbocycles. The fourth-order valence-corrected chi connectivity index (χ4v) is 1.94. The first-order valence-corrected chi connectivity index (χ1v) is 6.23. The number of nitrogens with two attached hydrogens (primary N) is 1. The van der Waals surface area contributed by atoms with Gasteiger partial charge in [0, 0.05) is 6.04 Å². The standard InChI is InChI=1S/C14H24N2/c1-3-11-16(2)12-7-10-14(15)13-8-5-4-6-9-13/h4-6,8-9,14H,3,7,10-12,15H2,1-2H3. The summed E-state index contributed by atoms with van der Waals surface area (Å²) in [7, 11) is 2.18. The van der Waals surface area contributed by atoms with E-state index < -0.39 is 0 Å². The fraction of sp³-hybridized carbons (Fsp3) is 0.571. The van der Waals surface area contributed by atoms with Gasteiger partial charge < -0.3 is 10.6 Å². The largest absolute Gasteiger partial charge is 0.324 e. The molecule has 2 N–H and O–H groups in total. The van der Waals surface area contributed by atoms with Crippen molar-refractivity contribution in [3.63, 3.8) is 0 Å². The molecule has 0 aromatic heterocycles. The molecule has 0 fully saturated rings. The van der Waals surface area contributed by atoms with Crippen molar-refractivity contribution in [2.45, 2.75) is 32.2 Å². The Kier molecular flexibility index (Phi) is 6.12. The average molecular weight is 220 g/mol. The zero-order chi connectivity index (χ0) is 11.8. The van der Waals surface area contributed by atoms with Crippen LogP contribution in [0.4, 0.5) is 0 Å². The van der Waals surface area contributed by atoms with E-state index in [1.165, 1.54) is 24.9 Å². The third kappa shape index (κ3) is 4.77. The van der Waals surface area contributed by atoms with E-state index in [-0.39, 0.29) is 6.04 Å².